The molecule has 0 bridgehead atoms. The predicted molar refractivity (Wildman–Crippen MR) is 170 cm³/mol. The van der Waals surface area contributed by atoms with Gasteiger partial charge in [-0.1, -0.05) is 113 Å². The number of amides is 2. The number of carbonyl (C=O) groups excluding carboxylic acids is 3. The van der Waals surface area contributed by atoms with E-state index < -0.39 is 11.9 Å². The van der Waals surface area contributed by atoms with Crippen molar-refractivity contribution in [3.63, 3.8) is 0 Å². The molecule has 1 saturated carbocycles. The van der Waals surface area contributed by atoms with Crippen LogP contribution in [0.1, 0.15) is 70.0 Å². The van der Waals surface area contributed by atoms with Crippen LogP contribution in [0.15, 0.2) is 113 Å². The lowest BCUT2D eigenvalue weighted by Gasteiger charge is -2.34. The van der Waals surface area contributed by atoms with E-state index in [0.717, 1.165) is 36.6 Å². The van der Waals surface area contributed by atoms with Crippen LogP contribution in [-0.2, 0) is 4.79 Å². The zero-order valence-corrected chi connectivity index (χ0v) is 25.0. The Morgan fingerprint density at radius 1 is 0.814 bits per heavy atom. The summed E-state index contributed by atoms with van der Waals surface area (Å²) in [6, 6.07) is 28.1. The number of nitrogens with zero attached hydrogens (tertiary/aromatic N) is 4. The van der Waals surface area contributed by atoms with Crippen LogP contribution in [-0.4, -0.2) is 23.6 Å². The average molecular weight is 637 g/mol. The molecular formula is C34H30BrN5O3. The zero-order valence-electron chi connectivity index (χ0n) is 23.4. The van der Waals surface area contributed by atoms with Crippen molar-refractivity contribution in [2.24, 2.45) is 5.11 Å². The Morgan fingerprint density at radius 3 is 2.14 bits per heavy atom. The van der Waals surface area contributed by atoms with Gasteiger partial charge in [0.1, 0.15) is 6.04 Å². The van der Waals surface area contributed by atoms with E-state index in [2.05, 4.69) is 31.3 Å². The number of carbonyl (C=O) groups is 3. The Balaban J connectivity index is 1.72. The Bertz CT molecular complexity index is 1660. The molecule has 1 aliphatic rings. The number of ketones is 1. The van der Waals surface area contributed by atoms with Crippen LogP contribution < -0.4 is 10.2 Å². The van der Waals surface area contributed by atoms with Gasteiger partial charge >= 0.3 is 0 Å². The third-order valence-corrected chi connectivity index (χ3v) is 8.12. The second-order valence-corrected chi connectivity index (χ2v) is 11.3. The molecule has 2 amide bonds. The fraction of sp³-hybridized carbons (Fsp3) is 0.206. The number of nitrogens with one attached hydrogen (secondary N) is 1. The molecule has 0 heterocycles. The minimum atomic E-state index is -1.13. The molecule has 4 aromatic rings. The number of hydrogen-bond acceptors (Lipinski definition) is 4. The summed E-state index contributed by atoms with van der Waals surface area (Å²) in [5, 5.41) is 6.95. The highest BCUT2D eigenvalue weighted by molar-refractivity contribution is 9.10. The highest BCUT2D eigenvalue weighted by Crippen LogP contribution is 2.36. The molecule has 8 nitrogen and oxygen atoms in total. The van der Waals surface area contributed by atoms with E-state index in [4.69, 9.17) is 0 Å². The number of benzene rings is 4. The number of hydrogen-bond donors (Lipinski definition) is 1. The minimum Gasteiger partial charge on any atom is -0.351 e. The lowest BCUT2D eigenvalue weighted by Crippen LogP contribution is -2.47. The van der Waals surface area contributed by atoms with E-state index in [9.17, 15) is 19.9 Å². The maximum absolute atomic E-state index is 14.7. The summed E-state index contributed by atoms with van der Waals surface area (Å²) in [6.07, 6.45) is 4.87. The van der Waals surface area contributed by atoms with Crippen LogP contribution in [0, 0.1) is 0 Å². The molecule has 1 atom stereocenters. The first-order valence-electron chi connectivity index (χ1n) is 14.2. The molecule has 43 heavy (non-hydrogen) atoms. The zero-order chi connectivity index (χ0) is 30.2. The third-order valence-electron chi connectivity index (χ3n) is 7.59. The molecule has 0 spiro atoms. The van der Waals surface area contributed by atoms with Crippen LogP contribution in [0.4, 0.5) is 11.4 Å². The van der Waals surface area contributed by atoms with Gasteiger partial charge in [0.15, 0.2) is 5.78 Å². The molecule has 0 saturated heterocycles. The van der Waals surface area contributed by atoms with Gasteiger partial charge in [-0.3, -0.25) is 19.3 Å². The molecule has 4 aromatic carbocycles. The van der Waals surface area contributed by atoms with Crippen molar-refractivity contribution < 1.29 is 14.4 Å². The van der Waals surface area contributed by atoms with Crippen LogP contribution in [0.25, 0.3) is 10.4 Å². The Hall–Kier alpha value is -4.72. The molecule has 1 unspecified atom stereocenters. The molecule has 1 fully saturated rings. The minimum absolute atomic E-state index is 0.0205. The largest absolute Gasteiger partial charge is 0.351 e. The Morgan fingerprint density at radius 2 is 1.44 bits per heavy atom. The second-order valence-electron chi connectivity index (χ2n) is 10.4. The summed E-state index contributed by atoms with van der Waals surface area (Å²) in [5.74, 6) is -1.23. The van der Waals surface area contributed by atoms with Gasteiger partial charge in [0.25, 0.3) is 5.91 Å². The average Bonchev–Trinajstić information content (AvgIpc) is 3.05. The first-order chi connectivity index (χ1) is 21.0. The van der Waals surface area contributed by atoms with Gasteiger partial charge in [0.2, 0.25) is 5.91 Å². The maximum Gasteiger partial charge on any atom is 0.259 e. The van der Waals surface area contributed by atoms with Crippen LogP contribution in [0.3, 0.4) is 0 Å². The van der Waals surface area contributed by atoms with E-state index in [1.807, 2.05) is 18.2 Å². The van der Waals surface area contributed by atoms with Gasteiger partial charge in [0.05, 0.1) is 11.4 Å². The fourth-order valence-corrected chi connectivity index (χ4v) is 5.76. The van der Waals surface area contributed by atoms with Crippen molar-refractivity contribution in [3.8, 4) is 0 Å². The Kier molecular flexibility index (Phi) is 9.66. The number of azide groups is 1. The lowest BCUT2D eigenvalue weighted by molar-refractivity contribution is -0.123. The summed E-state index contributed by atoms with van der Waals surface area (Å²) in [5.41, 5.74) is 11.0. The summed E-state index contributed by atoms with van der Waals surface area (Å²) in [6.45, 7) is 0. The molecule has 9 heteroatoms. The van der Waals surface area contributed by atoms with E-state index in [1.54, 1.807) is 84.9 Å². The number of rotatable bonds is 9. The normalized spacial score (nSPS) is 13.8. The van der Waals surface area contributed by atoms with Gasteiger partial charge in [-0.2, -0.15) is 0 Å². The van der Waals surface area contributed by atoms with E-state index >= 15 is 0 Å². The lowest BCUT2D eigenvalue weighted by atomic mass is 9.94. The van der Waals surface area contributed by atoms with Crippen LogP contribution in [0.2, 0.25) is 0 Å². The van der Waals surface area contributed by atoms with Crippen molar-refractivity contribution in [1.29, 1.82) is 0 Å². The third kappa shape index (κ3) is 6.85. The molecule has 216 valence electrons. The smallest absolute Gasteiger partial charge is 0.259 e. The van der Waals surface area contributed by atoms with E-state index in [0.29, 0.717) is 11.1 Å². The number of halogens is 1. The van der Waals surface area contributed by atoms with Crippen LogP contribution in [0.5, 0.6) is 0 Å². The summed E-state index contributed by atoms with van der Waals surface area (Å²) in [4.78, 5) is 47.1. The summed E-state index contributed by atoms with van der Waals surface area (Å²) in [7, 11) is 0. The topological polar surface area (TPSA) is 115 Å². The van der Waals surface area contributed by atoms with Gasteiger partial charge in [-0.05, 0) is 54.3 Å². The quantitative estimate of drug-likeness (QED) is 0.0860. The standard InChI is InChI=1S/C34H30BrN5O3/c35-25-21-19-23(20-22-25)31(33(42)37-26-13-5-2-6-14-26)40(34(43)27-15-7-9-17-29(27)38-39-36)30-18-10-8-16-28(30)32(41)24-11-3-1-4-12-24/h1,3-4,7-12,15-22,26,31H,2,5-6,13-14H2,(H,37,42). The molecule has 1 N–H and O–H groups in total. The van der Waals surface area contributed by atoms with Crippen molar-refractivity contribution >= 4 is 44.9 Å². The van der Waals surface area contributed by atoms with Crippen LogP contribution >= 0.6 is 15.9 Å². The molecule has 1 aliphatic carbocycles. The maximum atomic E-state index is 14.7. The molecule has 0 aliphatic heterocycles. The van der Waals surface area contributed by atoms with Gasteiger partial charge < -0.3 is 5.32 Å². The summed E-state index contributed by atoms with van der Waals surface area (Å²) < 4.78 is 0.814. The molecule has 0 radical (unpaired) electrons. The van der Waals surface area contributed by atoms with E-state index in [-0.39, 0.29) is 40.2 Å². The van der Waals surface area contributed by atoms with E-state index in [1.165, 1.54) is 4.90 Å². The fourth-order valence-electron chi connectivity index (χ4n) is 5.50. The number of para-hydroxylation sites is 1. The predicted octanol–water partition coefficient (Wildman–Crippen LogP) is 8.46. The summed E-state index contributed by atoms with van der Waals surface area (Å²) >= 11 is 3.47. The van der Waals surface area contributed by atoms with Gasteiger partial charge in [-0.25, -0.2) is 0 Å². The number of anilines is 1. The second kappa shape index (κ2) is 14.0. The monoisotopic (exact) mass is 635 g/mol. The van der Waals surface area contributed by atoms with Crippen molar-refractivity contribution in [3.05, 3.63) is 140 Å². The first kappa shape index (κ1) is 29.8. The molecule has 5 rings (SSSR count). The van der Waals surface area contributed by atoms with Crippen molar-refractivity contribution in [1.82, 2.24) is 5.32 Å². The van der Waals surface area contributed by atoms with Crippen molar-refractivity contribution in [2.45, 2.75) is 44.2 Å². The molecule has 0 aromatic heterocycles. The van der Waals surface area contributed by atoms with Gasteiger partial charge in [0, 0.05) is 32.1 Å². The highest BCUT2D eigenvalue weighted by Gasteiger charge is 2.37. The van der Waals surface area contributed by atoms with Gasteiger partial charge in [-0.15, -0.1) is 0 Å². The van der Waals surface area contributed by atoms with Crippen molar-refractivity contribution in [2.75, 3.05) is 4.90 Å². The Labute approximate surface area is 258 Å². The highest BCUT2D eigenvalue weighted by atomic mass is 79.9. The first-order valence-corrected chi connectivity index (χ1v) is 15.0. The SMILES string of the molecule is [N-]=[N+]=Nc1ccccc1C(=O)N(c1ccccc1C(=O)c1ccccc1)C(C(=O)NC1CCCCC1)c1ccc(Br)cc1. The molecular weight excluding hydrogens is 606 g/mol.